The molecule has 6 heteroatoms. The average Bonchev–Trinajstić information content (AvgIpc) is 2.80. The van der Waals surface area contributed by atoms with E-state index in [2.05, 4.69) is 4.98 Å². The maximum Gasteiger partial charge on any atom is 0.338 e. The van der Waals surface area contributed by atoms with Crippen LogP contribution in [0, 0.1) is 0 Å². The highest BCUT2D eigenvalue weighted by atomic mass is 16.5. The molecule has 6 nitrogen and oxygen atoms in total. The number of rotatable bonds is 3. The van der Waals surface area contributed by atoms with Gasteiger partial charge in [0.2, 0.25) is 0 Å². The molecule has 2 heterocycles. The minimum atomic E-state index is -0.468. The number of aromatic nitrogens is 1. The number of nitrogens with zero attached hydrogens (tertiary/aromatic N) is 2. The van der Waals surface area contributed by atoms with Crippen LogP contribution in [0.25, 0.3) is 0 Å². The molecule has 2 amide bonds. The maximum atomic E-state index is 12.3. The molecular weight excluding hydrogens is 284 g/mol. The Morgan fingerprint density at radius 1 is 1.14 bits per heavy atom. The van der Waals surface area contributed by atoms with E-state index in [0.29, 0.717) is 11.3 Å². The Bertz CT molecular complexity index is 733. The van der Waals surface area contributed by atoms with Gasteiger partial charge in [-0.2, -0.15) is 0 Å². The zero-order valence-electron chi connectivity index (χ0n) is 11.8. The van der Waals surface area contributed by atoms with Crippen molar-refractivity contribution in [3.05, 3.63) is 59.4 Å². The van der Waals surface area contributed by atoms with Crippen molar-refractivity contribution >= 4 is 23.5 Å². The van der Waals surface area contributed by atoms with Gasteiger partial charge in [0.1, 0.15) is 5.69 Å². The van der Waals surface area contributed by atoms with Crippen LogP contribution in [0.4, 0.5) is 5.69 Å². The molecule has 2 aromatic rings. The lowest BCUT2D eigenvalue weighted by atomic mass is 10.2. The monoisotopic (exact) mass is 296 g/mol. The van der Waals surface area contributed by atoms with Crippen LogP contribution >= 0.6 is 0 Å². The molecule has 22 heavy (non-hydrogen) atoms. The van der Waals surface area contributed by atoms with Crippen molar-refractivity contribution in [1.82, 2.24) is 4.98 Å². The number of ether oxygens (including phenoxy) is 1. The Morgan fingerprint density at radius 2 is 1.86 bits per heavy atom. The van der Waals surface area contributed by atoms with Crippen LogP contribution in [0.1, 0.15) is 38.1 Å². The first-order valence-corrected chi connectivity index (χ1v) is 6.74. The van der Waals surface area contributed by atoms with Gasteiger partial charge in [-0.05, 0) is 43.3 Å². The summed E-state index contributed by atoms with van der Waals surface area (Å²) in [5, 5.41) is 0. The fourth-order valence-electron chi connectivity index (χ4n) is 2.26. The van der Waals surface area contributed by atoms with E-state index >= 15 is 0 Å². The molecule has 3 rings (SSSR count). The summed E-state index contributed by atoms with van der Waals surface area (Å²) in [7, 11) is 0. The summed E-state index contributed by atoms with van der Waals surface area (Å²) in [5.41, 5.74) is 1.17. The number of benzene rings is 1. The highest BCUT2D eigenvalue weighted by Gasteiger charge is 2.37. The molecular formula is C16H12N2O4. The molecule has 0 saturated heterocycles. The molecule has 0 aliphatic carbocycles. The Morgan fingerprint density at radius 3 is 2.50 bits per heavy atom. The largest absolute Gasteiger partial charge is 0.462 e. The van der Waals surface area contributed by atoms with Crippen molar-refractivity contribution in [2.45, 2.75) is 6.92 Å². The maximum absolute atomic E-state index is 12.3. The number of imide groups is 1. The van der Waals surface area contributed by atoms with Gasteiger partial charge >= 0.3 is 5.97 Å². The van der Waals surface area contributed by atoms with Gasteiger partial charge in [-0.1, -0.05) is 0 Å². The molecule has 110 valence electrons. The fourth-order valence-corrected chi connectivity index (χ4v) is 2.26. The van der Waals surface area contributed by atoms with Gasteiger partial charge in [0.05, 0.1) is 23.4 Å². The van der Waals surface area contributed by atoms with Crippen molar-refractivity contribution in [2.24, 2.45) is 0 Å². The molecule has 0 unspecified atom stereocenters. The van der Waals surface area contributed by atoms with Crippen LogP contribution in [0.2, 0.25) is 0 Å². The summed E-state index contributed by atoms with van der Waals surface area (Å²) in [4.78, 5) is 41.2. The number of carbonyl (C=O) groups excluding carboxylic acids is 3. The smallest absolute Gasteiger partial charge is 0.338 e. The van der Waals surface area contributed by atoms with Gasteiger partial charge in [-0.15, -0.1) is 0 Å². The second kappa shape index (κ2) is 5.40. The first-order valence-electron chi connectivity index (χ1n) is 6.74. The topological polar surface area (TPSA) is 76.6 Å². The van der Waals surface area contributed by atoms with E-state index in [1.807, 2.05) is 0 Å². The van der Waals surface area contributed by atoms with Crippen LogP contribution in [0.5, 0.6) is 0 Å². The summed E-state index contributed by atoms with van der Waals surface area (Å²) < 4.78 is 4.89. The van der Waals surface area contributed by atoms with Crippen LogP contribution in [-0.4, -0.2) is 29.4 Å². The van der Waals surface area contributed by atoms with Crippen LogP contribution in [0.15, 0.2) is 42.6 Å². The molecule has 0 atom stereocenters. The van der Waals surface area contributed by atoms with Crippen LogP contribution in [-0.2, 0) is 4.74 Å². The number of anilines is 1. The van der Waals surface area contributed by atoms with Crippen molar-refractivity contribution in [1.29, 1.82) is 0 Å². The van der Waals surface area contributed by atoms with Gasteiger partial charge in [0.15, 0.2) is 0 Å². The normalized spacial score (nSPS) is 13.2. The molecule has 1 aliphatic heterocycles. The second-order valence-electron chi connectivity index (χ2n) is 4.61. The first kappa shape index (κ1) is 13.9. The van der Waals surface area contributed by atoms with Crippen molar-refractivity contribution in [3.8, 4) is 0 Å². The van der Waals surface area contributed by atoms with E-state index in [1.54, 1.807) is 19.1 Å². The average molecular weight is 296 g/mol. The minimum absolute atomic E-state index is 0.141. The second-order valence-corrected chi connectivity index (χ2v) is 4.61. The summed E-state index contributed by atoms with van der Waals surface area (Å²) in [6.07, 6.45) is 1.47. The van der Waals surface area contributed by atoms with E-state index < -0.39 is 17.8 Å². The Labute approximate surface area is 126 Å². The number of hydrogen-bond donors (Lipinski definition) is 0. The predicted octanol–water partition coefficient (Wildman–Crippen LogP) is 2.06. The van der Waals surface area contributed by atoms with Crippen LogP contribution in [0.3, 0.4) is 0 Å². The third kappa shape index (κ3) is 2.14. The van der Waals surface area contributed by atoms with Crippen LogP contribution < -0.4 is 4.90 Å². The third-order valence-corrected chi connectivity index (χ3v) is 3.28. The van der Waals surface area contributed by atoms with E-state index in [1.165, 1.54) is 30.5 Å². The molecule has 0 bridgehead atoms. The van der Waals surface area contributed by atoms with Gasteiger partial charge < -0.3 is 4.74 Å². The quantitative estimate of drug-likeness (QED) is 0.640. The number of pyridine rings is 1. The van der Waals surface area contributed by atoms with Crippen molar-refractivity contribution in [2.75, 3.05) is 11.5 Å². The lowest BCUT2D eigenvalue weighted by molar-refractivity contribution is 0.0526. The predicted molar refractivity (Wildman–Crippen MR) is 77.8 cm³/mol. The lowest BCUT2D eigenvalue weighted by Crippen LogP contribution is -2.29. The number of carbonyl (C=O) groups is 3. The Hall–Kier alpha value is -3.02. The zero-order chi connectivity index (χ0) is 15.7. The summed E-state index contributed by atoms with van der Waals surface area (Å²) in [6.45, 7) is 2.00. The standard InChI is InChI=1S/C16H12N2O4/c1-2-22-16(21)10-5-7-11(8-6-10)18-14(19)12-4-3-9-17-13(12)15(18)20/h3-9H,2H2,1H3. The first-order chi connectivity index (χ1) is 10.6. The van der Waals surface area contributed by atoms with E-state index in [0.717, 1.165) is 4.90 Å². The fraction of sp³-hybridized carbons (Fsp3) is 0.125. The third-order valence-electron chi connectivity index (χ3n) is 3.28. The number of hydrogen-bond acceptors (Lipinski definition) is 5. The summed E-state index contributed by atoms with van der Waals surface area (Å²) in [5.74, 6) is -1.33. The molecule has 0 N–H and O–H groups in total. The van der Waals surface area contributed by atoms with Gasteiger partial charge in [-0.25, -0.2) is 9.69 Å². The van der Waals surface area contributed by atoms with Crippen molar-refractivity contribution < 1.29 is 19.1 Å². The number of amides is 2. The zero-order valence-corrected chi connectivity index (χ0v) is 11.8. The van der Waals surface area contributed by atoms with Gasteiger partial charge in [-0.3, -0.25) is 14.6 Å². The molecule has 0 fully saturated rings. The molecule has 0 radical (unpaired) electrons. The SMILES string of the molecule is CCOC(=O)c1ccc(N2C(=O)c3cccnc3C2=O)cc1. The lowest BCUT2D eigenvalue weighted by Gasteiger charge is -2.13. The Balaban J connectivity index is 1.92. The molecule has 1 aromatic heterocycles. The molecule has 1 aliphatic rings. The van der Waals surface area contributed by atoms with E-state index in [4.69, 9.17) is 4.74 Å². The van der Waals surface area contributed by atoms with Gasteiger partial charge in [0.25, 0.3) is 11.8 Å². The van der Waals surface area contributed by atoms with E-state index in [9.17, 15) is 14.4 Å². The Kier molecular flexibility index (Phi) is 3.42. The molecule has 1 aromatic carbocycles. The highest BCUT2D eigenvalue weighted by molar-refractivity contribution is 6.33. The molecule has 0 saturated carbocycles. The minimum Gasteiger partial charge on any atom is -0.462 e. The van der Waals surface area contributed by atoms with Crippen molar-refractivity contribution in [3.63, 3.8) is 0 Å². The molecule has 0 spiro atoms. The van der Waals surface area contributed by atoms with E-state index in [-0.39, 0.29) is 17.9 Å². The number of fused-ring (bicyclic) bond motifs is 1. The van der Waals surface area contributed by atoms with Gasteiger partial charge in [0, 0.05) is 6.20 Å². The summed E-state index contributed by atoms with van der Waals surface area (Å²) in [6, 6.07) is 9.28. The summed E-state index contributed by atoms with van der Waals surface area (Å²) >= 11 is 0. The number of esters is 1. The highest BCUT2D eigenvalue weighted by Crippen LogP contribution is 2.27.